The van der Waals surface area contributed by atoms with Gasteiger partial charge in [0.05, 0.1) is 5.02 Å². The van der Waals surface area contributed by atoms with Gasteiger partial charge in [0.2, 0.25) is 0 Å². The lowest BCUT2D eigenvalue weighted by Gasteiger charge is -2.49. The Morgan fingerprint density at radius 2 is 2.06 bits per heavy atom. The van der Waals surface area contributed by atoms with Gasteiger partial charge in [-0.1, -0.05) is 37.0 Å². The SMILES string of the molecule is CC1(C)C(N)CC1Oc1cc(Cl)ccc1Cl. The van der Waals surface area contributed by atoms with E-state index in [1.807, 2.05) is 0 Å². The van der Waals surface area contributed by atoms with Crippen molar-refractivity contribution in [1.29, 1.82) is 0 Å². The van der Waals surface area contributed by atoms with Gasteiger partial charge >= 0.3 is 0 Å². The van der Waals surface area contributed by atoms with E-state index < -0.39 is 0 Å². The highest BCUT2D eigenvalue weighted by Gasteiger charge is 2.48. The van der Waals surface area contributed by atoms with E-state index in [1.54, 1.807) is 18.2 Å². The summed E-state index contributed by atoms with van der Waals surface area (Å²) in [5.41, 5.74) is 5.92. The minimum absolute atomic E-state index is 0.00829. The lowest BCUT2D eigenvalue weighted by Crippen LogP contribution is -2.60. The fourth-order valence-corrected chi connectivity index (χ4v) is 2.16. The van der Waals surface area contributed by atoms with Gasteiger partial charge in [0.15, 0.2) is 0 Å². The second kappa shape index (κ2) is 4.10. The predicted octanol–water partition coefficient (Wildman–Crippen LogP) is 3.50. The fourth-order valence-electron chi connectivity index (χ4n) is 1.84. The Labute approximate surface area is 106 Å². The average Bonchev–Trinajstić information content (AvgIpc) is 2.23. The van der Waals surface area contributed by atoms with Crippen molar-refractivity contribution >= 4 is 23.2 Å². The van der Waals surface area contributed by atoms with E-state index in [1.165, 1.54) is 0 Å². The molecule has 1 fully saturated rings. The summed E-state index contributed by atoms with van der Waals surface area (Å²) in [6.45, 7) is 4.20. The van der Waals surface area contributed by atoms with Gasteiger partial charge in [-0.25, -0.2) is 0 Å². The minimum Gasteiger partial charge on any atom is -0.488 e. The molecule has 1 aliphatic carbocycles. The molecular weight excluding hydrogens is 245 g/mol. The Morgan fingerprint density at radius 3 is 2.62 bits per heavy atom. The quantitative estimate of drug-likeness (QED) is 0.883. The van der Waals surface area contributed by atoms with Crippen LogP contribution in [-0.2, 0) is 0 Å². The topological polar surface area (TPSA) is 35.2 Å². The van der Waals surface area contributed by atoms with Crippen molar-refractivity contribution in [1.82, 2.24) is 0 Å². The number of benzene rings is 1. The van der Waals surface area contributed by atoms with E-state index in [9.17, 15) is 0 Å². The Bertz CT molecular complexity index is 406. The molecule has 0 radical (unpaired) electrons. The normalized spacial score (nSPS) is 27.3. The van der Waals surface area contributed by atoms with Gasteiger partial charge in [-0.3, -0.25) is 0 Å². The monoisotopic (exact) mass is 259 g/mol. The number of hydrogen-bond donors (Lipinski definition) is 1. The summed E-state index contributed by atoms with van der Waals surface area (Å²) in [5.74, 6) is 0.638. The van der Waals surface area contributed by atoms with E-state index in [2.05, 4.69) is 13.8 Å². The van der Waals surface area contributed by atoms with E-state index in [4.69, 9.17) is 33.7 Å². The van der Waals surface area contributed by atoms with Crippen molar-refractivity contribution in [2.24, 2.45) is 11.1 Å². The molecule has 0 amide bonds. The molecule has 2 rings (SSSR count). The Kier molecular flexibility index (Phi) is 3.08. The maximum absolute atomic E-state index is 6.04. The first-order valence-corrected chi connectivity index (χ1v) is 6.04. The first-order chi connectivity index (χ1) is 7.41. The van der Waals surface area contributed by atoms with E-state index in [-0.39, 0.29) is 17.6 Å². The fraction of sp³-hybridized carbons (Fsp3) is 0.500. The Balaban J connectivity index is 2.13. The molecule has 2 nitrogen and oxygen atoms in total. The van der Waals surface area contributed by atoms with Crippen LogP contribution in [0.2, 0.25) is 10.0 Å². The minimum atomic E-state index is -0.00829. The molecule has 0 aromatic heterocycles. The van der Waals surface area contributed by atoms with Crippen LogP contribution in [0, 0.1) is 5.41 Å². The predicted molar refractivity (Wildman–Crippen MR) is 67.3 cm³/mol. The molecular formula is C12H15Cl2NO. The molecule has 16 heavy (non-hydrogen) atoms. The first-order valence-electron chi connectivity index (χ1n) is 5.28. The van der Waals surface area contributed by atoms with Crippen molar-refractivity contribution in [2.75, 3.05) is 0 Å². The standard InChI is InChI=1S/C12H15Cl2NO/c1-12(2)10(15)6-11(12)16-9-5-7(13)3-4-8(9)14/h3-5,10-11H,6,15H2,1-2H3. The molecule has 2 N–H and O–H groups in total. The van der Waals surface area contributed by atoms with Crippen molar-refractivity contribution in [2.45, 2.75) is 32.4 Å². The van der Waals surface area contributed by atoms with Gasteiger partial charge < -0.3 is 10.5 Å². The highest BCUT2D eigenvalue weighted by atomic mass is 35.5. The van der Waals surface area contributed by atoms with Gasteiger partial charge in [-0.15, -0.1) is 0 Å². The van der Waals surface area contributed by atoms with Gasteiger partial charge in [-0.05, 0) is 12.1 Å². The van der Waals surface area contributed by atoms with Crippen LogP contribution in [0.3, 0.4) is 0 Å². The molecule has 4 heteroatoms. The molecule has 0 heterocycles. The molecule has 1 saturated carbocycles. The largest absolute Gasteiger partial charge is 0.488 e. The average molecular weight is 260 g/mol. The maximum Gasteiger partial charge on any atom is 0.139 e. The van der Waals surface area contributed by atoms with Gasteiger partial charge in [0, 0.05) is 29.0 Å². The second-order valence-electron chi connectivity index (χ2n) is 4.84. The summed E-state index contributed by atoms with van der Waals surface area (Å²) >= 11 is 11.9. The van der Waals surface area contributed by atoms with Crippen LogP contribution in [0.25, 0.3) is 0 Å². The molecule has 88 valence electrons. The van der Waals surface area contributed by atoms with E-state index in [0.29, 0.717) is 15.8 Å². The number of hydrogen-bond acceptors (Lipinski definition) is 2. The first kappa shape index (κ1) is 12.0. The molecule has 1 aliphatic rings. The smallest absolute Gasteiger partial charge is 0.139 e. The zero-order valence-corrected chi connectivity index (χ0v) is 10.8. The van der Waals surface area contributed by atoms with Crippen LogP contribution in [0.1, 0.15) is 20.3 Å². The molecule has 1 aromatic carbocycles. The summed E-state index contributed by atoms with van der Waals surface area (Å²) in [6, 6.07) is 5.42. The van der Waals surface area contributed by atoms with Crippen LogP contribution in [0.5, 0.6) is 5.75 Å². The Hall–Kier alpha value is -0.440. The lowest BCUT2D eigenvalue weighted by molar-refractivity contribution is -0.0399. The molecule has 2 atom stereocenters. The van der Waals surface area contributed by atoms with Crippen molar-refractivity contribution < 1.29 is 4.74 Å². The van der Waals surface area contributed by atoms with Crippen molar-refractivity contribution in [3.05, 3.63) is 28.2 Å². The van der Waals surface area contributed by atoms with Crippen molar-refractivity contribution in [3.63, 3.8) is 0 Å². The summed E-state index contributed by atoms with van der Waals surface area (Å²) in [4.78, 5) is 0. The number of nitrogens with two attached hydrogens (primary N) is 1. The summed E-state index contributed by atoms with van der Waals surface area (Å²) in [7, 11) is 0. The molecule has 1 aromatic rings. The van der Waals surface area contributed by atoms with Gasteiger partial charge in [0.1, 0.15) is 11.9 Å². The van der Waals surface area contributed by atoms with Crippen LogP contribution in [-0.4, -0.2) is 12.1 Å². The number of rotatable bonds is 2. The van der Waals surface area contributed by atoms with Crippen LogP contribution in [0.4, 0.5) is 0 Å². The third kappa shape index (κ3) is 2.02. The van der Waals surface area contributed by atoms with Crippen LogP contribution >= 0.6 is 23.2 Å². The molecule has 0 spiro atoms. The molecule has 0 saturated heterocycles. The van der Waals surface area contributed by atoms with Crippen LogP contribution in [0.15, 0.2) is 18.2 Å². The molecule has 0 aliphatic heterocycles. The second-order valence-corrected chi connectivity index (χ2v) is 5.69. The summed E-state index contributed by atoms with van der Waals surface area (Å²) in [5, 5.41) is 1.21. The third-order valence-electron chi connectivity index (χ3n) is 3.42. The zero-order chi connectivity index (χ0) is 11.9. The third-order valence-corrected chi connectivity index (χ3v) is 3.96. The number of halogens is 2. The number of ether oxygens (including phenoxy) is 1. The zero-order valence-electron chi connectivity index (χ0n) is 9.34. The van der Waals surface area contributed by atoms with E-state index >= 15 is 0 Å². The van der Waals surface area contributed by atoms with Crippen molar-refractivity contribution in [3.8, 4) is 5.75 Å². The highest BCUT2D eigenvalue weighted by molar-refractivity contribution is 6.34. The Morgan fingerprint density at radius 1 is 1.38 bits per heavy atom. The molecule has 0 bridgehead atoms. The maximum atomic E-state index is 6.04. The highest BCUT2D eigenvalue weighted by Crippen LogP contribution is 2.43. The summed E-state index contributed by atoms with van der Waals surface area (Å²) < 4.78 is 5.85. The summed E-state index contributed by atoms with van der Waals surface area (Å²) in [6.07, 6.45) is 0.967. The molecule has 2 unspecified atom stereocenters. The van der Waals surface area contributed by atoms with Gasteiger partial charge in [0.25, 0.3) is 0 Å². The lowest BCUT2D eigenvalue weighted by atomic mass is 9.65. The van der Waals surface area contributed by atoms with Crippen LogP contribution < -0.4 is 10.5 Å². The van der Waals surface area contributed by atoms with E-state index in [0.717, 1.165) is 6.42 Å². The van der Waals surface area contributed by atoms with Gasteiger partial charge in [-0.2, -0.15) is 0 Å².